The molecule has 0 aromatic heterocycles. The summed E-state index contributed by atoms with van der Waals surface area (Å²) in [5.74, 6) is -7.25. The molecular weight excluding hydrogens is 304 g/mol. The monoisotopic (exact) mass is 322 g/mol. The van der Waals surface area contributed by atoms with Crippen LogP contribution in [0.1, 0.15) is 19.8 Å². The molecule has 0 aromatic carbocycles. The number of aliphatic carboxylic acids is 2. The van der Waals surface area contributed by atoms with Gasteiger partial charge in [0, 0.05) is 6.92 Å². The lowest BCUT2D eigenvalue weighted by Gasteiger charge is -2.24. The van der Waals surface area contributed by atoms with E-state index in [-0.39, 0.29) is 0 Å². The highest BCUT2D eigenvalue weighted by Gasteiger charge is 2.32. The lowest BCUT2D eigenvalue weighted by Crippen LogP contribution is -2.45. The molecule has 22 heavy (non-hydrogen) atoms. The zero-order chi connectivity index (χ0) is 17.5. The Morgan fingerprint density at radius 1 is 1.00 bits per heavy atom. The van der Waals surface area contributed by atoms with Gasteiger partial charge in [0.2, 0.25) is 5.79 Å². The van der Waals surface area contributed by atoms with Crippen LogP contribution in [0.4, 0.5) is 0 Å². The number of carboxylic acids is 2. The molecule has 11 heteroatoms. The van der Waals surface area contributed by atoms with Gasteiger partial charge in [-0.1, -0.05) is 0 Å². The van der Waals surface area contributed by atoms with Crippen LogP contribution in [0.3, 0.4) is 0 Å². The minimum Gasteiger partial charge on any atom is -0.481 e. The highest BCUT2D eigenvalue weighted by atomic mass is 16.7. The van der Waals surface area contributed by atoms with Crippen molar-refractivity contribution >= 4 is 23.9 Å². The molecule has 3 atom stereocenters. The second kappa shape index (κ2) is 8.26. The van der Waals surface area contributed by atoms with Crippen LogP contribution >= 0.6 is 0 Å². The molecular formula is C11H18N2O9. The number of esters is 2. The Bertz CT molecular complexity index is 449. The van der Waals surface area contributed by atoms with Gasteiger partial charge in [-0.3, -0.25) is 19.2 Å². The van der Waals surface area contributed by atoms with Gasteiger partial charge in [0.15, 0.2) is 6.61 Å². The van der Waals surface area contributed by atoms with Crippen LogP contribution < -0.4 is 11.5 Å². The minimum atomic E-state index is -2.27. The molecule has 0 aromatic rings. The highest BCUT2D eigenvalue weighted by Crippen LogP contribution is 2.09. The number of hydrogen-bond acceptors (Lipinski definition) is 9. The SMILES string of the molecule is CC(O)(COC(=O)[C@@H](N)CC(=O)O)OC(=O)[C@@H](N)CC(=O)O. The minimum absolute atomic E-state index is 0.676. The van der Waals surface area contributed by atoms with Gasteiger partial charge in [0.05, 0.1) is 12.8 Å². The fourth-order valence-corrected chi connectivity index (χ4v) is 1.18. The third-order valence-corrected chi connectivity index (χ3v) is 2.20. The average molecular weight is 322 g/mol. The molecule has 0 aliphatic heterocycles. The second-order valence-electron chi connectivity index (χ2n) is 4.61. The van der Waals surface area contributed by atoms with E-state index in [0.717, 1.165) is 6.92 Å². The van der Waals surface area contributed by atoms with Crippen LogP contribution in [0.15, 0.2) is 0 Å². The molecule has 0 saturated heterocycles. The Labute approximate surface area is 124 Å². The first-order valence-corrected chi connectivity index (χ1v) is 6.01. The summed E-state index contributed by atoms with van der Waals surface area (Å²) in [6.45, 7) is 0.138. The smallest absolute Gasteiger partial charge is 0.326 e. The number of aliphatic hydroxyl groups is 1. The van der Waals surface area contributed by atoms with Crippen molar-refractivity contribution in [3.63, 3.8) is 0 Å². The van der Waals surface area contributed by atoms with Crippen molar-refractivity contribution in [2.45, 2.75) is 37.6 Å². The van der Waals surface area contributed by atoms with E-state index in [0.29, 0.717) is 0 Å². The van der Waals surface area contributed by atoms with E-state index >= 15 is 0 Å². The summed E-state index contributed by atoms with van der Waals surface area (Å²) >= 11 is 0. The van der Waals surface area contributed by atoms with E-state index in [1.807, 2.05) is 0 Å². The van der Waals surface area contributed by atoms with E-state index in [9.17, 15) is 24.3 Å². The van der Waals surface area contributed by atoms with Crippen LogP contribution in [0.5, 0.6) is 0 Å². The molecule has 0 aliphatic carbocycles. The predicted octanol–water partition coefficient (Wildman–Crippen LogP) is -2.61. The van der Waals surface area contributed by atoms with Gasteiger partial charge in [-0.05, 0) is 0 Å². The van der Waals surface area contributed by atoms with E-state index in [1.165, 1.54) is 0 Å². The van der Waals surface area contributed by atoms with Gasteiger partial charge in [-0.25, -0.2) is 0 Å². The third kappa shape index (κ3) is 8.14. The topological polar surface area (TPSA) is 199 Å². The molecule has 0 bridgehead atoms. The molecule has 0 spiro atoms. The van der Waals surface area contributed by atoms with Crippen molar-refractivity contribution in [1.29, 1.82) is 0 Å². The van der Waals surface area contributed by atoms with Crippen LogP contribution in [-0.4, -0.2) is 63.7 Å². The summed E-state index contributed by atoms with van der Waals surface area (Å²) in [7, 11) is 0. The maximum atomic E-state index is 11.4. The van der Waals surface area contributed by atoms with Gasteiger partial charge < -0.3 is 36.3 Å². The van der Waals surface area contributed by atoms with Gasteiger partial charge in [0.1, 0.15) is 12.1 Å². The van der Waals surface area contributed by atoms with E-state index in [4.69, 9.17) is 21.7 Å². The number of hydrogen-bond donors (Lipinski definition) is 5. The molecule has 0 aliphatic rings. The first-order valence-electron chi connectivity index (χ1n) is 6.01. The van der Waals surface area contributed by atoms with Crippen LogP contribution in [0.25, 0.3) is 0 Å². The molecule has 0 heterocycles. The lowest BCUT2D eigenvalue weighted by atomic mass is 10.2. The normalized spacial score (nSPS) is 16.0. The van der Waals surface area contributed by atoms with Crippen LogP contribution in [-0.2, 0) is 28.7 Å². The highest BCUT2D eigenvalue weighted by molar-refractivity contribution is 5.82. The summed E-state index contributed by atoms with van der Waals surface area (Å²) in [6.07, 6.45) is -1.39. The third-order valence-electron chi connectivity index (χ3n) is 2.20. The fourth-order valence-electron chi connectivity index (χ4n) is 1.18. The maximum Gasteiger partial charge on any atom is 0.326 e. The number of carbonyl (C=O) groups excluding carboxylic acids is 2. The van der Waals surface area contributed by atoms with Crippen molar-refractivity contribution in [2.24, 2.45) is 11.5 Å². The molecule has 0 amide bonds. The molecule has 126 valence electrons. The predicted molar refractivity (Wildman–Crippen MR) is 68.1 cm³/mol. The molecule has 0 rings (SSSR count). The van der Waals surface area contributed by atoms with E-state index in [1.54, 1.807) is 0 Å². The number of nitrogens with two attached hydrogens (primary N) is 2. The molecule has 1 unspecified atom stereocenters. The quantitative estimate of drug-likeness (QED) is 0.220. The zero-order valence-corrected chi connectivity index (χ0v) is 11.7. The Morgan fingerprint density at radius 3 is 1.82 bits per heavy atom. The van der Waals surface area contributed by atoms with Gasteiger partial charge in [0.25, 0.3) is 0 Å². The lowest BCUT2D eigenvalue weighted by molar-refractivity contribution is -0.222. The molecule has 11 nitrogen and oxygen atoms in total. The Kier molecular flexibility index (Phi) is 7.42. The molecule has 0 saturated carbocycles. The van der Waals surface area contributed by atoms with E-state index in [2.05, 4.69) is 9.47 Å². The van der Waals surface area contributed by atoms with Crippen molar-refractivity contribution in [2.75, 3.05) is 6.61 Å². The molecule has 7 N–H and O–H groups in total. The Balaban J connectivity index is 4.40. The number of carbonyl (C=O) groups is 4. The van der Waals surface area contributed by atoms with Crippen molar-refractivity contribution in [3.8, 4) is 0 Å². The summed E-state index contributed by atoms with van der Waals surface area (Å²) < 4.78 is 9.03. The zero-order valence-electron chi connectivity index (χ0n) is 11.7. The van der Waals surface area contributed by atoms with Gasteiger partial charge in [-0.2, -0.15) is 0 Å². The summed E-state index contributed by atoms with van der Waals surface area (Å²) in [5.41, 5.74) is 10.4. The maximum absolute atomic E-state index is 11.4. The summed E-state index contributed by atoms with van der Waals surface area (Å²) in [5, 5.41) is 26.6. The first-order chi connectivity index (χ1) is 9.94. The molecule has 0 fully saturated rings. The summed E-state index contributed by atoms with van der Waals surface area (Å²) in [4.78, 5) is 43.5. The Morgan fingerprint density at radius 2 is 1.41 bits per heavy atom. The van der Waals surface area contributed by atoms with Gasteiger partial charge in [-0.15, -0.1) is 0 Å². The van der Waals surface area contributed by atoms with Crippen molar-refractivity contribution < 1.29 is 44.0 Å². The number of carboxylic acid groups (broad SMARTS) is 2. The van der Waals surface area contributed by atoms with Crippen molar-refractivity contribution in [1.82, 2.24) is 0 Å². The molecule has 0 radical (unpaired) electrons. The fraction of sp³-hybridized carbons (Fsp3) is 0.636. The number of ether oxygens (including phenoxy) is 2. The van der Waals surface area contributed by atoms with Gasteiger partial charge >= 0.3 is 23.9 Å². The summed E-state index contributed by atoms with van der Waals surface area (Å²) in [6, 6.07) is -2.95. The van der Waals surface area contributed by atoms with Crippen LogP contribution in [0, 0.1) is 0 Å². The average Bonchev–Trinajstić information content (AvgIpc) is 2.33. The standard InChI is InChI=1S/C11H18N2O9/c1-11(20,22-10(19)6(13)3-8(16)17)4-21-9(18)5(12)2-7(14)15/h5-6,20H,2-4,12-13H2,1H3,(H,14,15)(H,16,17)/t5-,6-,11?/m0/s1. The Hall–Kier alpha value is -2.24. The number of rotatable bonds is 9. The second-order valence-corrected chi connectivity index (χ2v) is 4.61. The largest absolute Gasteiger partial charge is 0.481 e. The van der Waals surface area contributed by atoms with E-state index < -0.39 is 61.2 Å². The van der Waals surface area contributed by atoms with Crippen molar-refractivity contribution in [3.05, 3.63) is 0 Å². The van der Waals surface area contributed by atoms with Crippen LogP contribution in [0.2, 0.25) is 0 Å². The first kappa shape index (κ1) is 19.8.